The summed E-state index contributed by atoms with van der Waals surface area (Å²) in [6.07, 6.45) is 6.82. The molecule has 3 rings (SSSR count). The second kappa shape index (κ2) is 12.9. The third-order valence-corrected chi connectivity index (χ3v) is 8.92. The number of nitrogens with zero attached hydrogens (tertiary/aromatic N) is 1. The van der Waals surface area contributed by atoms with E-state index in [-0.39, 0.29) is 10.6 Å². The first-order valence-corrected chi connectivity index (χ1v) is 14.7. The van der Waals surface area contributed by atoms with Crippen LogP contribution in [0.5, 0.6) is 5.75 Å². The average molecular weight is 516 g/mol. The molecule has 0 aromatic heterocycles. The molecule has 3 aromatic rings. The molecular formula is C34H46NOP. The molecule has 3 aromatic carbocycles. The molecule has 0 amide bonds. The number of aryl methyl sites for hydroxylation is 2. The maximum absolute atomic E-state index is 6.69. The zero-order valence-corrected chi connectivity index (χ0v) is 25.2. The van der Waals surface area contributed by atoms with Crippen molar-refractivity contribution in [3.05, 3.63) is 94.0 Å². The number of ether oxygens (including phenoxy) is 1. The van der Waals surface area contributed by atoms with Crippen molar-refractivity contribution < 1.29 is 4.74 Å². The monoisotopic (exact) mass is 515 g/mol. The molecule has 2 nitrogen and oxygen atoms in total. The van der Waals surface area contributed by atoms with Crippen LogP contribution in [0.1, 0.15) is 93.7 Å². The maximum Gasteiger partial charge on any atom is 0.126 e. The molecule has 0 saturated carbocycles. The Morgan fingerprint density at radius 2 is 1.65 bits per heavy atom. The highest BCUT2D eigenvalue weighted by Gasteiger charge is 2.33. The SMILES string of the molecule is CCCCCC(C)(Pc1ccc(C)cc1/C=N/C)c1cc(C(C)(C)C)cc(C)c1OCc1ccccc1. The van der Waals surface area contributed by atoms with E-state index >= 15 is 0 Å². The molecule has 3 heteroatoms. The first kappa shape index (κ1) is 29.1. The lowest BCUT2D eigenvalue weighted by molar-refractivity contribution is 0.296. The fourth-order valence-corrected chi connectivity index (χ4v) is 6.53. The average Bonchev–Trinajstić information content (AvgIpc) is 2.85. The first-order valence-electron chi connectivity index (χ1n) is 13.7. The fourth-order valence-electron chi connectivity index (χ4n) is 4.87. The fraction of sp³-hybridized carbons (Fsp3) is 0.441. The van der Waals surface area contributed by atoms with Gasteiger partial charge in [-0.25, -0.2) is 0 Å². The molecule has 0 radical (unpaired) electrons. The summed E-state index contributed by atoms with van der Waals surface area (Å²) < 4.78 is 6.69. The molecular weight excluding hydrogens is 469 g/mol. The lowest BCUT2D eigenvalue weighted by atomic mass is 9.82. The van der Waals surface area contributed by atoms with E-state index in [4.69, 9.17) is 4.74 Å². The van der Waals surface area contributed by atoms with Crippen molar-refractivity contribution in [3.63, 3.8) is 0 Å². The third kappa shape index (κ3) is 7.78. The van der Waals surface area contributed by atoms with Crippen LogP contribution >= 0.6 is 8.58 Å². The Labute approximate surface area is 227 Å². The predicted octanol–water partition coefficient (Wildman–Crippen LogP) is 9.03. The standard InChI is InChI=1S/C34H46NOP/c1-9-10-14-19-34(7,37-31-18-17-25(2)20-28(31)23-35-8)30-22-29(33(4,5)6)21-26(3)32(30)36-24-27-15-12-11-13-16-27/h11-13,15-18,20-23,37H,9-10,14,19,24H2,1-8H3/b35-23+. The Bertz CT molecular complexity index is 1190. The van der Waals surface area contributed by atoms with E-state index in [9.17, 15) is 0 Å². The Kier molecular flexibility index (Phi) is 10.1. The Balaban J connectivity index is 2.16. The summed E-state index contributed by atoms with van der Waals surface area (Å²) in [5.41, 5.74) is 7.72. The van der Waals surface area contributed by atoms with Crippen molar-refractivity contribution in [2.24, 2.45) is 4.99 Å². The van der Waals surface area contributed by atoms with E-state index in [1.807, 2.05) is 13.3 Å². The van der Waals surface area contributed by atoms with Crippen molar-refractivity contribution in [2.75, 3.05) is 7.05 Å². The number of hydrogen-bond acceptors (Lipinski definition) is 2. The van der Waals surface area contributed by atoms with Crippen molar-refractivity contribution in [1.29, 1.82) is 0 Å². The van der Waals surface area contributed by atoms with Crippen LogP contribution in [-0.4, -0.2) is 13.3 Å². The van der Waals surface area contributed by atoms with E-state index < -0.39 is 0 Å². The highest BCUT2D eigenvalue weighted by atomic mass is 31.1. The van der Waals surface area contributed by atoms with Gasteiger partial charge in [-0.3, -0.25) is 4.99 Å². The molecule has 0 aliphatic heterocycles. The molecule has 0 aliphatic carbocycles. The largest absolute Gasteiger partial charge is 0.488 e. The summed E-state index contributed by atoms with van der Waals surface area (Å²) in [4.78, 5) is 4.38. The van der Waals surface area contributed by atoms with Gasteiger partial charge in [0.05, 0.1) is 0 Å². The van der Waals surface area contributed by atoms with Crippen LogP contribution in [0.2, 0.25) is 0 Å². The number of rotatable bonds is 11. The quantitative estimate of drug-likeness (QED) is 0.142. The van der Waals surface area contributed by atoms with Gasteiger partial charge in [0.15, 0.2) is 0 Å². The summed E-state index contributed by atoms with van der Waals surface area (Å²) in [6, 6.07) is 22.1. The van der Waals surface area contributed by atoms with Crippen LogP contribution in [0.3, 0.4) is 0 Å². The second-order valence-electron chi connectivity index (χ2n) is 11.6. The minimum Gasteiger partial charge on any atom is -0.488 e. The molecule has 0 saturated heterocycles. The minimum atomic E-state index is -0.0429. The first-order chi connectivity index (χ1) is 17.6. The van der Waals surface area contributed by atoms with Crippen LogP contribution in [0, 0.1) is 13.8 Å². The van der Waals surface area contributed by atoms with Crippen LogP contribution in [-0.2, 0) is 17.2 Å². The van der Waals surface area contributed by atoms with Gasteiger partial charge in [0, 0.05) is 24.0 Å². The van der Waals surface area contributed by atoms with Gasteiger partial charge in [0.1, 0.15) is 12.4 Å². The summed E-state index contributed by atoms with van der Waals surface area (Å²) in [7, 11) is 2.48. The lowest BCUT2D eigenvalue weighted by Gasteiger charge is -2.35. The second-order valence-corrected chi connectivity index (χ2v) is 13.5. The Morgan fingerprint density at radius 1 is 0.919 bits per heavy atom. The molecule has 0 spiro atoms. The van der Waals surface area contributed by atoms with E-state index in [2.05, 4.69) is 114 Å². The number of hydrogen-bond donors (Lipinski definition) is 0. The highest BCUT2D eigenvalue weighted by Crippen LogP contribution is 2.50. The van der Waals surface area contributed by atoms with Gasteiger partial charge in [-0.15, -0.1) is 0 Å². The smallest absolute Gasteiger partial charge is 0.126 e. The number of unbranched alkanes of at least 4 members (excludes halogenated alkanes) is 2. The van der Waals surface area contributed by atoms with Gasteiger partial charge in [0.2, 0.25) is 0 Å². The van der Waals surface area contributed by atoms with Crippen molar-refractivity contribution in [1.82, 2.24) is 0 Å². The van der Waals surface area contributed by atoms with Gasteiger partial charge in [-0.05, 0) is 59.3 Å². The van der Waals surface area contributed by atoms with E-state index in [1.54, 1.807) is 0 Å². The third-order valence-electron chi connectivity index (χ3n) is 7.13. The zero-order chi connectivity index (χ0) is 27.1. The molecule has 198 valence electrons. The normalized spacial score (nSPS) is 13.9. The molecule has 0 N–H and O–H groups in total. The molecule has 37 heavy (non-hydrogen) atoms. The summed E-state index contributed by atoms with van der Waals surface area (Å²) in [5, 5.41) is 1.33. The number of aliphatic imine (C=N–C) groups is 1. The van der Waals surface area contributed by atoms with Crippen LogP contribution in [0.25, 0.3) is 0 Å². The zero-order valence-electron chi connectivity index (χ0n) is 24.2. The maximum atomic E-state index is 6.69. The van der Waals surface area contributed by atoms with Crippen LogP contribution < -0.4 is 10.0 Å². The molecule has 0 fully saturated rings. The number of benzene rings is 3. The predicted molar refractivity (Wildman–Crippen MR) is 165 cm³/mol. The summed E-state index contributed by atoms with van der Waals surface area (Å²) >= 11 is 0. The van der Waals surface area contributed by atoms with E-state index in [1.165, 1.54) is 57.9 Å². The van der Waals surface area contributed by atoms with Crippen LogP contribution in [0.4, 0.5) is 0 Å². The molecule has 0 bridgehead atoms. The van der Waals surface area contributed by atoms with Crippen LogP contribution in [0.15, 0.2) is 65.7 Å². The van der Waals surface area contributed by atoms with Crippen molar-refractivity contribution in [3.8, 4) is 5.75 Å². The molecule has 0 aliphatic rings. The van der Waals surface area contributed by atoms with E-state index in [0.29, 0.717) is 15.2 Å². The summed E-state index contributed by atoms with van der Waals surface area (Å²) in [6.45, 7) is 16.6. The van der Waals surface area contributed by atoms with Crippen molar-refractivity contribution >= 4 is 20.1 Å². The van der Waals surface area contributed by atoms with Gasteiger partial charge in [-0.1, -0.05) is 123 Å². The molecule has 0 heterocycles. The van der Waals surface area contributed by atoms with Crippen molar-refractivity contribution in [2.45, 2.75) is 91.3 Å². The topological polar surface area (TPSA) is 21.6 Å². The minimum absolute atomic E-state index is 0.0429. The lowest BCUT2D eigenvalue weighted by Crippen LogP contribution is -2.24. The summed E-state index contributed by atoms with van der Waals surface area (Å²) in [5.74, 6) is 1.06. The molecule has 2 unspecified atom stereocenters. The highest BCUT2D eigenvalue weighted by molar-refractivity contribution is 7.48. The van der Waals surface area contributed by atoms with Gasteiger partial charge in [0.25, 0.3) is 0 Å². The molecule has 2 atom stereocenters. The van der Waals surface area contributed by atoms with Gasteiger partial charge >= 0.3 is 0 Å². The van der Waals surface area contributed by atoms with E-state index in [0.717, 1.165) is 12.2 Å². The Morgan fingerprint density at radius 3 is 2.30 bits per heavy atom. The van der Waals surface area contributed by atoms with Gasteiger partial charge in [-0.2, -0.15) is 0 Å². The van der Waals surface area contributed by atoms with Gasteiger partial charge < -0.3 is 4.74 Å². The Hall–Kier alpha value is -2.44.